The number of carbonyl (C=O) groups is 2. The Morgan fingerprint density at radius 3 is 1.20 bits per heavy atom. The van der Waals surface area contributed by atoms with Crippen molar-refractivity contribution in [1.82, 2.24) is 31.1 Å². The van der Waals surface area contributed by atoms with Gasteiger partial charge in [0, 0.05) is 49.3 Å². The third-order valence-electron chi connectivity index (χ3n) is 15.0. The van der Waals surface area contributed by atoms with Crippen molar-refractivity contribution < 1.29 is 19.1 Å². The molecule has 3 aromatic carbocycles. The Bertz CT molecular complexity index is 1690. The Balaban J connectivity index is 0.583. The molecular weight excluding hydrogens is 749 g/mol. The number of ether oxygens (including phenoxy) is 2. The molecule has 4 bridgehead atoms. The Kier molecular flexibility index (Phi) is 13.4. The van der Waals surface area contributed by atoms with Gasteiger partial charge in [0.15, 0.2) is 11.5 Å². The van der Waals surface area contributed by atoms with E-state index in [9.17, 15) is 9.59 Å². The van der Waals surface area contributed by atoms with Gasteiger partial charge in [0.05, 0.1) is 13.2 Å². The van der Waals surface area contributed by atoms with E-state index in [1.165, 1.54) is 77.3 Å². The molecule has 10 heteroatoms. The van der Waals surface area contributed by atoms with E-state index in [1.807, 2.05) is 24.3 Å². The summed E-state index contributed by atoms with van der Waals surface area (Å²) in [6, 6.07) is 28.7. The number of rotatable bonds is 18. The molecule has 0 unspecified atom stereocenters. The third-order valence-corrected chi connectivity index (χ3v) is 15.0. The number of benzene rings is 3. The normalized spacial score (nSPS) is 27.9. The molecule has 0 spiro atoms. The first-order chi connectivity index (χ1) is 29.6. The van der Waals surface area contributed by atoms with Crippen molar-refractivity contribution in [3.05, 3.63) is 95.1 Å². The molecule has 2 aliphatic carbocycles. The van der Waals surface area contributed by atoms with Crippen LogP contribution in [0.3, 0.4) is 0 Å². The van der Waals surface area contributed by atoms with E-state index in [0.717, 1.165) is 37.5 Å². The maximum atomic E-state index is 12.7. The highest BCUT2D eigenvalue weighted by Gasteiger charge is 2.44. The van der Waals surface area contributed by atoms with E-state index >= 15 is 0 Å². The SMILES string of the molecule is O=C(NCCCOc1ccccc1OCCCNC(=O)N[C@H]1CC[C@H](CCN2[C@@H]3CC[C@H]2c2ccccc23)CC1)N[C@H]1CC[C@H](CCN2[C@@H]3CC[C@H]2c2ccccc23)CC1. The Labute approximate surface area is 357 Å². The van der Waals surface area contributed by atoms with Crippen LogP contribution in [0, 0.1) is 11.8 Å². The summed E-state index contributed by atoms with van der Waals surface area (Å²) >= 11 is 0. The number of amides is 4. The van der Waals surface area contributed by atoms with Gasteiger partial charge in [0.25, 0.3) is 0 Å². The quantitative estimate of drug-likeness (QED) is 0.0954. The molecule has 10 nitrogen and oxygen atoms in total. The lowest BCUT2D eigenvalue weighted by molar-refractivity contribution is 0.185. The molecule has 3 aromatic rings. The van der Waals surface area contributed by atoms with Crippen LogP contribution in [0.5, 0.6) is 11.5 Å². The predicted molar refractivity (Wildman–Crippen MR) is 236 cm³/mol. The van der Waals surface area contributed by atoms with Gasteiger partial charge in [-0.25, -0.2) is 9.59 Å². The number of nitrogens with one attached hydrogen (secondary N) is 4. The minimum Gasteiger partial charge on any atom is -0.490 e. The van der Waals surface area contributed by atoms with E-state index in [0.29, 0.717) is 74.8 Å². The lowest BCUT2D eigenvalue weighted by atomic mass is 9.84. The molecule has 4 heterocycles. The molecule has 60 heavy (non-hydrogen) atoms. The van der Waals surface area contributed by atoms with Gasteiger partial charge in [-0.3, -0.25) is 9.80 Å². The summed E-state index contributed by atoms with van der Waals surface area (Å²) in [5.74, 6) is 2.90. The topological polar surface area (TPSA) is 107 Å². The molecule has 4 aliphatic heterocycles. The molecular formula is C50H68N6O4. The molecule has 4 amide bonds. The summed E-state index contributed by atoms with van der Waals surface area (Å²) in [5, 5.41) is 12.5. The van der Waals surface area contributed by atoms with Crippen molar-refractivity contribution in [2.75, 3.05) is 39.4 Å². The van der Waals surface area contributed by atoms with E-state index in [-0.39, 0.29) is 24.1 Å². The summed E-state index contributed by atoms with van der Waals surface area (Å²) in [5.41, 5.74) is 6.28. The smallest absolute Gasteiger partial charge is 0.315 e. The van der Waals surface area contributed by atoms with Crippen LogP contribution in [0.4, 0.5) is 9.59 Å². The fourth-order valence-corrected chi connectivity index (χ4v) is 11.9. The molecule has 2 saturated heterocycles. The summed E-state index contributed by atoms with van der Waals surface area (Å²) in [7, 11) is 0. The van der Waals surface area contributed by atoms with Gasteiger partial charge in [-0.1, -0.05) is 60.7 Å². The van der Waals surface area contributed by atoms with Gasteiger partial charge in [-0.2, -0.15) is 0 Å². The van der Waals surface area contributed by atoms with Crippen LogP contribution in [0.2, 0.25) is 0 Å². The molecule has 6 aliphatic rings. The van der Waals surface area contributed by atoms with Crippen molar-refractivity contribution in [3.63, 3.8) is 0 Å². The number of nitrogens with zero attached hydrogens (tertiary/aromatic N) is 2. The zero-order valence-electron chi connectivity index (χ0n) is 35.6. The number of fused-ring (bicyclic) bond motifs is 10. The number of carbonyl (C=O) groups excluding carboxylic acids is 2. The lowest BCUT2D eigenvalue weighted by Gasteiger charge is -2.31. The zero-order chi connectivity index (χ0) is 40.7. The predicted octanol–water partition coefficient (Wildman–Crippen LogP) is 9.50. The molecule has 0 radical (unpaired) electrons. The average molecular weight is 817 g/mol. The molecule has 4 N–H and O–H groups in total. The first-order valence-electron chi connectivity index (χ1n) is 23.7. The van der Waals surface area contributed by atoms with Gasteiger partial charge < -0.3 is 30.7 Å². The van der Waals surface area contributed by atoms with Crippen molar-refractivity contribution in [2.24, 2.45) is 11.8 Å². The Morgan fingerprint density at radius 2 is 0.833 bits per heavy atom. The van der Waals surface area contributed by atoms with Gasteiger partial charge in [-0.15, -0.1) is 0 Å². The van der Waals surface area contributed by atoms with Crippen molar-refractivity contribution in [3.8, 4) is 11.5 Å². The van der Waals surface area contributed by atoms with Crippen molar-refractivity contribution >= 4 is 12.1 Å². The third kappa shape index (κ3) is 9.60. The van der Waals surface area contributed by atoms with Crippen LogP contribution in [-0.4, -0.2) is 73.3 Å². The summed E-state index contributed by atoms with van der Waals surface area (Å²) in [4.78, 5) is 30.9. The van der Waals surface area contributed by atoms with E-state index < -0.39 is 0 Å². The first kappa shape index (κ1) is 41.1. The van der Waals surface area contributed by atoms with E-state index in [1.54, 1.807) is 22.3 Å². The average Bonchev–Trinajstić information content (AvgIpc) is 4.04. The van der Waals surface area contributed by atoms with E-state index in [4.69, 9.17) is 9.47 Å². The highest BCUT2D eigenvalue weighted by atomic mass is 16.5. The fourth-order valence-electron chi connectivity index (χ4n) is 11.9. The van der Waals surface area contributed by atoms with Crippen LogP contribution >= 0.6 is 0 Å². The summed E-state index contributed by atoms with van der Waals surface area (Å²) in [6.45, 7) is 4.45. The Morgan fingerprint density at radius 1 is 0.483 bits per heavy atom. The minimum absolute atomic E-state index is 0.0787. The van der Waals surface area contributed by atoms with Crippen LogP contribution in [-0.2, 0) is 0 Å². The standard InChI is InChI=1S/C50H68N6O4/c57-49(53-37-19-15-35(16-20-37)27-31-55-43-23-24-44(55)40-10-2-1-9-39(40)43)51-29-7-33-59-47-13-5-6-14-48(47)60-34-8-30-52-50(58)54-38-21-17-36(18-22-38)28-32-56-45-25-26-46(56)42-12-4-3-11-41(42)45/h1-6,9-14,35-38,43-46H,7-8,15-34H2,(H2,51,53,57)(H2,52,54,58)/t35-,36-,37-,38-,43-,44+,45-,46+. The van der Waals surface area contributed by atoms with Crippen LogP contribution in [0.25, 0.3) is 0 Å². The van der Waals surface area contributed by atoms with Gasteiger partial charge in [-0.05, 0) is 162 Å². The molecule has 322 valence electrons. The number of urea groups is 2. The van der Waals surface area contributed by atoms with Gasteiger partial charge >= 0.3 is 12.1 Å². The molecule has 2 saturated carbocycles. The van der Waals surface area contributed by atoms with Gasteiger partial charge in [0.1, 0.15) is 0 Å². The monoisotopic (exact) mass is 817 g/mol. The Hall–Kier alpha value is -4.28. The second kappa shape index (κ2) is 19.6. The van der Waals surface area contributed by atoms with Crippen molar-refractivity contribution in [2.45, 2.75) is 139 Å². The maximum absolute atomic E-state index is 12.7. The minimum atomic E-state index is -0.0787. The highest BCUT2D eigenvalue weighted by Crippen LogP contribution is 2.54. The highest BCUT2D eigenvalue weighted by molar-refractivity contribution is 5.74. The second-order valence-corrected chi connectivity index (χ2v) is 18.6. The molecule has 4 fully saturated rings. The second-order valence-electron chi connectivity index (χ2n) is 18.6. The van der Waals surface area contributed by atoms with Crippen LogP contribution in [0.15, 0.2) is 72.8 Å². The zero-order valence-corrected chi connectivity index (χ0v) is 35.6. The largest absolute Gasteiger partial charge is 0.490 e. The lowest BCUT2D eigenvalue weighted by Crippen LogP contribution is -2.44. The van der Waals surface area contributed by atoms with Crippen molar-refractivity contribution in [1.29, 1.82) is 0 Å². The van der Waals surface area contributed by atoms with Crippen LogP contribution in [0.1, 0.15) is 149 Å². The summed E-state index contributed by atoms with van der Waals surface area (Å²) in [6.07, 6.45) is 18.2. The fraction of sp³-hybridized carbons (Fsp3) is 0.600. The number of hydrogen-bond acceptors (Lipinski definition) is 6. The molecule has 0 aromatic heterocycles. The molecule has 9 rings (SSSR count). The maximum Gasteiger partial charge on any atom is 0.315 e. The first-order valence-corrected chi connectivity index (χ1v) is 23.7. The number of para-hydroxylation sites is 2. The number of hydrogen-bond donors (Lipinski definition) is 4. The van der Waals surface area contributed by atoms with Gasteiger partial charge in [0.2, 0.25) is 0 Å². The molecule has 4 atom stereocenters. The van der Waals surface area contributed by atoms with E-state index in [2.05, 4.69) is 79.6 Å². The van der Waals surface area contributed by atoms with Crippen LogP contribution < -0.4 is 30.7 Å². The summed E-state index contributed by atoms with van der Waals surface area (Å²) < 4.78 is 12.1.